The van der Waals surface area contributed by atoms with Crippen molar-refractivity contribution in [2.24, 2.45) is 0 Å². The van der Waals surface area contributed by atoms with Gasteiger partial charge in [0.05, 0.1) is 13.3 Å². The highest BCUT2D eigenvalue weighted by atomic mass is 16.5. The number of ether oxygens (including phenoxy) is 1. The average molecular weight is 194 g/mol. The third-order valence-electron chi connectivity index (χ3n) is 1.83. The van der Waals surface area contributed by atoms with Gasteiger partial charge in [0.25, 0.3) is 0 Å². The summed E-state index contributed by atoms with van der Waals surface area (Å²) < 4.78 is 5.10. The third kappa shape index (κ3) is 3.75. The molecule has 1 heterocycles. The van der Waals surface area contributed by atoms with E-state index in [-0.39, 0.29) is 5.54 Å². The Balaban J connectivity index is 2.59. The summed E-state index contributed by atoms with van der Waals surface area (Å²) >= 11 is 0. The molecule has 0 fully saturated rings. The Morgan fingerprint density at radius 1 is 1.36 bits per heavy atom. The maximum atomic E-state index is 5.10. The highest BCUT2D eigenvalue weighted by Gasteiger charge is 2.08. The summed E-state index contributed by atoms with van der Waals surface area (Å²) in [5.74, 6) is 0.804. The lowest BCUT2D eigenvalue weighted by Gasteiger charge is -2.20. The SMILES string of the molecule is COc1cncc(CNC(C)(C)C)c1. The second-order valence-corrected chi connectivity index (χ2v) is 4.34. The highest BCUT2D eigenvalue weighted by molar-refractivity contribution is 5.23. The van der Waals surface area contributed by atoms with E-state index in [1.54, 1.807) is 13.3 Å². The van der Waals surface area contributed by atoms with Crippen LogP contribution in [0, 0.1) is 0 Å². The maximum Gasteiger partial charge on any atom is 0.137 e. The van der Waals surface area contributed by atoms with E-state index in [9.17, 15) is 0 Å². The summed E-state index contributed by atoms with van der Waals surface area (Å²) in [5, 5.41) is 3.39. The first kappa shape index (κ1) is 11.0. The van der Waals surface area contributed by atoms with Crippen LogP contribution in [0.2, 0.25) is 0 Å². The molecule has 1 aromatic rings. The molecule has 0 saturated heterocycles. The minimum absolute atomic E-state index is 0.128. The number of pyridine rings is 1. The summed E-state index contributed by atoms with van der Waals surface area (Å²) in [4.78, 5) is 4.09. The van der Waals surface area contributed by atoms with Gasteiger partial charge in [0.2, 0.25) is 0 Å². The van der Waals surface area contributed by atoms with Crippen molar-refractivity contribution >= 4 is 0 Å². The van der Waals surface area contributed by atoms with Crippen LogP contribution < -0.4 is 10.1 Å². The summed E-state index contributed by atoms with van der Waals surface area (Å²) in [6, 6.07) is 1.99. The Morgan fingerprint density at radius 3 is 2.64 bits per heavy atom. The molecule has 0 saturated carbocycles. The molecule has 14 heavy (non-hydrogen) atoms. The molecule has 0 amide bonds. The molecule has 1 aromatic heterocycles. The fourth-order valence-electron chi connectivity index (χ4n) is 1.04. The van der Waals surface area contributed by atoms with E-state index in [1.165, 1.54) is 0 Å². The molecular weight excluding hydrogens is 176 g/mol. The predicted octanol–water partition coefficient (Wildman–Crippen LogP) is 1.98. The molecule has 3 heteroatoms. The number of hydrogen-bond donors (Lipinski definition) is 1. The summed E-state index contributed by atoms with van der Waals surface area (Å²) in [7, 11) is 1.65. The maximum absolute atomic E-state index is 5.10. The molecule has 1 rings (SSSR count). The molecule has 0 radical (unpaired) electrons. The number of hydrogen-bond acceptors (Lipinski definition) is 3. The van der Waals surface area contributed by atoms with E-state index in [0.29, 0.717) is 0 Å². The zero-order chi connectivity index (χ0) is 10.6. The number of rotatable bonds is 3. The summed E-state index contributed by atoms with van der Waals surface area (Å²) in [5.41, 5.74) is 1.27. The second-order valence-electron chi connectivity index (χ2n) is 4.34. The zero-order valence-corrected chi connectivity index (χ0v) is 9.29. The molecule has 0 bridgehead atoms. The van der Waals surface area contributed by atoms with Gasteiger partial charge in [-0.2, -0.15) is 0 Å². The molecule has 0 aliphatic carbocycles. The molecule has 0 aromatic carbocycles. The third-order valence-corrected chi connectivity index (χ3v) is 1.83. The van der Waals surface area contributed by atoms with E-state index in [0.717, 1.165) is 17.9 Å². The smallest absolute Gasteiger partial charge is 0.137 e. The lowest BCUT2D eigenvalue weighted by Crippen LogP contribution is -2.35. The van der Waals surface area contributed by atoms with Gasteiger partial charge in [0.15, 0.2) is 0 Å². The Morgan fingerprint density at radius 2 is 2.07 bits per heavy atom. The number of methoxy groups -OCH3 is 1. The van der Waals surface area contributed by atoms with Gasteiger partial charge in [-0.15, -0.1) is 0 Å². The van der Waals surface area contributed by atoms with Crippen molar-refractivity contribution in [3.8, 4) is 5.75 Å². The molecular formula is C11H18N2O. The molecule has 0 spiro atoms. The largest absolute Gasteiger partial charge is 0.495 e. The van der Waals surface area contributed by atoms with Crippen LogP contribution in [-0.2, 0) is 6.54 Å². The van der Waals surface area contributed by atoms with Gasteiger partial charge in [-0.25, -0.2) is 0 Å². The van der Waals surface area contributed by atoms with E-state index < -0.39 is 0 Å². The molecule has 3 nitrogen and oxygen atoms in total. The minimum atomic E-state index is 0.128. The first-order valence-electron chi connectivity index (χ1n) is 4.74. The standard InChI is InChI=1S/C11H18N2O/c1-11(2,3)13-7-9-5-10(14-4)8-12-6-9/h5-6,8,13H,7H2,1-4H3. The minimum Gasteiger partial charge on any atom is -0.495 e. The van der Waals surface area contributed by atoms with Crippen molar-refractivity contribution in [1.82, 2.24) is 10.3 Å². The Kier molecular flexibility index (Phi) is 3.47. The number of nitrogens with zero attached hydrogens (tertiary/aromatic N) is 1. The average Bonchev–Trinajstić information content (AvgIpc) is 2.14. The first-order chi connectivity index (χ1) is 6.51. The predicted molar refractivity (Wildman–Crippen MR) is 57.4 cm³/mol. The van der Waals surface area contributed by atoms with Gasteiger partial charge < -0.3 is 10.1 Å². The van der Waals surface area contributed by atoms with Crippen molar-refractivity contribution in [3.05, 3.63) is 24.0 Å². The van der Waals surface area contributed by atoms with Crippen molar-refractivity contribution in [3.63, 3.8) is 0 Å². The van der Waals surface area contributed by atoms with Crippen LogP contribution in [-0.4, -0.2) is 17.6 Å². The van der Waals surface area contributed by atoms with Crippen molar-refractivity contribution in [2.45, 2.75) is 32.9 Å². The second kappa shape index (κ2) is 4.42. The monoisotopic (exact) mass is 194 g/mol. The van der Waals surface area contributed by atoms with E-state index >= 15 is 0 Å². The fraction of sp³-hybridized carbons (Fsp3) is 0.545. The van der Waals surface area contributed by atoms with Gasteiger partial charge in [-0.3, -0.25) is 4.98 Å². The lowest BCUT2D eigenvalue weighted by atomic mass is 10.1. The van der Waals surface area contributed by atoms with Crippen LogP contribution in [0.5, 0.6) is 5.75 Å². The topological polar surface area (TPSA) is 34.1 Å². The van der Waals surface area contributed by atoms with Crippen LogP contribution in [0.3, 0.4) is 0 Å². The molecule has 0 aliphatic rings. The Labute approximate surface area is 85.5 Å². The summed E-state index contributed by atoms with van der Waals surface area (Å²) in [6.45, 7) is 7.23. The van der Waals surface area contributed by atoms with Crippen LogP contribution in [0.4, 0.5) is 0 Å². The summed E-state index contributed by atoms with van der Waals surface area (Å²) in [6.07, 6.45) is 3.56. The van der Waals surface area contributed by atoms with Gasteiger partial charge in [-0.05, 0) is 32.4 Å². The number of aromatic nitrogens is 1. The molecule has 1 N–H and O–H groups in total. The van der Waals surface area contributed by atoms with Crippen molar-refractivity contribution in [1.29, 1.82) is 0 Å². The van der Waals surface area contributed by atoms with Crippen LogP contribution in [0.25, 0.3) is 0 Å². The first-order valence-corrected chi connectivity index (χ1v) is 4.74. The fourth-order valence-corrected chi connectivity index (χ4v) is 1.04. The van der Waals surface area contributed by atoms with Gasteiger partial charge >= 0.3 is 0 Å². The molecule has 0 aliphatic heterocycles. The molecule has 0 unspecified atom stereocenters. The van der Waals surface area contributed by atoms with E-state index in [2.05, 4.69) is 31.1 Å². The number of nitrogens with one attached hydrogen (secondary N) is 1. The van der Waals surface area contributed by atoms with Crippen LogP contribution >= 0.6 is 0 Å². The van der Waals surface area contributed by atoms with Crippen molar-refractivity contribution < 1.29 is 4.74 Å². The van der Waals surface area contributed by atoms with Gasteiger partial charge in [0, 0.05) is 18.3 Å². The quantitative estimate of drug-likeness (QED) is 0.799. The zero-order valence-electron chi connectivity index (χ0n) is 9.29. The lowest BCUT2D eigenvalue weighted by molar-refractivity contribution is 0.407. The van der Waals surface area contributed by atoms with Gasteiger partial charge in [-0.1, -0.05) is 0 Å². The normalized spacial score (nSPS) is 11.4. The Bertz CT molecular complexity index is 292. The van der Waals surface area contributed by atoms with Crippen molar-refractivity contribution in [2.75, 3.05) is 7.11 Å². The van der Waals surface area contributed by atoms with Crippen LogP contribution in [0.15, 0.2) is 18.5 Å². The Hall–Kier alpha value is -1.09. The molecule has 78 valence electrons. The van der Waals surface area contributed by atoms with E-state index in [1.807, 2.05) is 12.3 Å². The molecule has 0 atom stereocenters. The van der Waals surface area contributed by atoms with Crippen LogP contribution in [0.1, 0.15) is 26.3 Å². The van der Waals surface area contributed by atoms with Gasteiger partial charge in [0.1, 0.15) is 5.75 Å². The highest BCUT2D eigenvalue weighted by Crippen LogP contribution is 2.11. The van der Waals surface area contributed by atoms with E-state index in [4.69, 9.17) is 4.74 Å².